The van der Waals surface area contributed by atoms with E-state index in [9.17, 15) is 0 Å². The zero-order valence-electron chi connectivity index (χ0n) is 14.5. The molecule has 122 valence electrons. The molecular weight excluding hydrogens is 274 g/mol. The molecule has 1 aromatic carbocycles. The van der Waals surface area contributed by atoms with Gasteiger partial charge in [0.05, 0.1) is 17.8 Å². The fourth-order valence-electron chi connectivity index (χ4n) is 2.68. The summed E-state index contributed by atoms with van der Waals surface area (Å²) >= 11 is 0. The summed E-state index contributed by atoms with van der Waals surface area (Å²) in [4.78, 5) is 11.2. The number of likely N-dealkylation sites (tertiary alicyclic amines) is 1. The SMILES string of the molecule is CC.CC=O.Cc1ccc2cnn(C3CCN(C)CC3)c2c1. The summed E-state index contributed by atoms with van der Waals surface area (Å²) in [5.41, 5.74) is 2.60. The molecule has 4 heteroatoms. The number of aryl methyl sites for hydroxylation is 1. The van der Waals surface area contributed by atoms with E-state index in [2.05, 4.69) is 46.9 Å². The molecule has 0 atom stereocenters. The second kappa shape index (κ2) is 9.36. The van der Waals surface area contributed by atoms with Crippen LogP contribution in [0.2, 0.25) is 0 Å². The highest BCUT2D eigenvalue weighted by molar-refractivity contribution is 5.79. The van der Waals surface area contributed by atoms with Crippen molar-refractivity contribution in [2.75, 3.05) is 20.1 Å². The van der Waals surface area contributed by atoms with Crippen molar-refractivity contribution in [3.8, 4) is 0 Å². The van der Waals surface area contributed by atoms with Gasteiger partial charge in [-0.3, -0.25) is 4.68 Å². The number of carbonyl (C=O) groups excluding carboxylic acids is 1. The van der Waals surface area contributed by atoms with Crippen LogP contribution >= 0.6 is 0 Å². The summed E-state index contributed by atoms with van der Waals surface area (Å²) in [6, 6.07) is 7.15. The predicted octanol–water partition coefficient (Wildman–Crippen LogP) is 3.84. The van der Waals surface area contributed by atoms with E-state index in [4.69, 9.17) is 4.79 Å². The van der Waals surface area contributed by atoms with Crippen LogP contribution in [-0.2, 0) is 4.79 Å². The van der Waals surface area contributed by atoms with Gasteiger partial charge in [-0.1, -0.05) is 26.0 Å². The fraction of sp³-hybridized carbons (Fsp3) is 0.556. The van der Waals surface area contributed by atoms with Gasteiger partial charge in [0.25, 0.3) is 0 Å². The lowest BCUT2D eigenvalue weighted by molar-refractivity contribution is -0.106. The van der Waals surface area contributed by atoms with Gasteiger partial charge in [-0.05, 0) is 58.5 Å². The van der Waals surface area contributed by atoms with E-state index in [0.29, 0.717) is 6.04 Å². The summed E-state index contributed by atoms with van der Waals surface area (Å²) in [6.07, 6.45) is 5.16. The van der Waals surface area contributed by atoms with Gasteiger partial charge >= 0.3 is 0 Å². The lowest BCUT2D eigenvalue weighted by atomic mass is 10.1. The monoisotopic (exact) mass is 303 g/mol. The Hall–Kier alpha value is -1.68. The van der Waals surface area contributed by atoms with E-state index in [0.717, 1.165) is 6.29 Å². The molecule has 0 unspecified atom stereocenters. The maximum absolute atomic E-state index is 8.81. The predicted molar refractivity (Wildman–Crippen MR) is 93.3 cm³/mol. The zero-order chi connectivity index (χ0) is 16.5. The van der Waals surface area contributed by atoms with Gasteiger partial charge in [0.15, 0.2) is 0 Å². The lowest BCUT2D eigenvalue weighted by Crippen LogP contribution is -2.31. The minimum absolute atomic E-state index is 0.575. The van der Waals surface area contributed by atoms with E-state index >= 15 is 0 Å². The first-order chi connectivity index (χ1) is 10.7. The molecule has 4 nitrogen and oxygen atoms in total. The number of carbonyl (C=O) groups is 1. The smallest absolute Gasteiger partial charge is 0.116 e. The number of hydrogen-bond donors (Lipinski definition) is 0. The van der Waals surface area contributed by atoms with E-state index in [1.807, 2.05) is 20.0 Å². The van der Waals surface area contributed by atoms with Crippen molar-refractivity contribution in [1.82, 2.24) is 14.7 Å². The van der Waals surface area contributed by atoms with Crippen LogP contribution in [0.3, 0.4) is 0 Å². The Labute approximate surface area is 134 Å². The molecule has 0 spiro atoms. The third kappa shape index (κ3) is 4.67. The molecule has 0 N–H and O–H groups in total. The van der Waals surface area contributed by atoms with Crippen LogP contribution in [-0.4, -0.2) is 41.1 Å². The zero-order valence-corrected chi connectivity index (χ0v) is 14.5. The summed E-state index contributed by atoms with van der Waals surface area (Å²) in [5.74, 6) is 0. The second-order valence-electron chi connectivity index (χ2n) is 5.42. The van der Waals surface area contributed by atoms with Crippen LogP contribution in [0.4, 0.5) is 0 Å². The molecule has 3 rings (SSSR count). The van der Waals surface area contributed by atoms with E-state index in [-0.39, 0.29) is 0 Å². The molecule has 0 aliphatic carbocycles. The summed E-state index contributed by atoms with van der Waals surface area (Å²) < 4.78 is 2.23. The number of aromatic nitrogens is 2. The number of piperidine rings is 1. The number of rotatable bonds is 1. The summed E-state index contributed by atoms with van der Waals surface area (Å²) in [5, 5.41) is 5.84. The fourth-order valence-corrected chi connectivity index (χ4v) is 2.68. The minimum atomic E-state index is 0.575. The van der Waals surface area contributed by atoms with Crippen molar-refractivity contribution < 1.29 is 4.79 Å². The normalized spacial score (nSPS) is 15.5. The molecule has 1 fully saturated rings. The highest BCUT2D eigenvalue weighted by Gasteiger charge is 2.20. The van der Waals surface area contributed by atoms with E-state index < -0.39 is 0 Å². The number of benzene rings is 1. The molecule has 0 amide bonds. The molecule has 1 aliphatic rings. The molecule has 2 aromatic rings. The van der Waals surface area contributed by atoms with Gasteiger partial charge in [-0.25, -0.2) is 0 Å². The van der Waals surface area contributed by atoms with Gasteiger partial charge in [-0.2, -0.15) is 5.10 Å². The highest BCUT2D eigenvalue weighted by Crippen LogP contribution is 2.26. The second-order valence-corrected chi connectivity index (χ2v) is 5.42. The van der Waals surface area contributed by atoms with Crippen molar-refractivity contribution >= 4 is 17.2 Å². The van der Waals surface area contributed by atoms with E-state index in [1.165, 1.54) is 49.3 Å². The van der Waals surface area contributed by atoms with Gasteiger partial charge in [0.2, 0.25) is 0 Å². The lowest BCUT2D eigenvalue weighted by Gasteiger charge is -2.29. The number of hydrogen-bond acceptors (Lipinski definition) is 3. The third-order valence-corrected chi connectivity index (χ3v) is 3.79. The van der Waals surface area contributed by atoms with Crippen LogP contribution in [0.1, 0.15) is 45.2 Å². The molecule has 0 radical (unpaired) electrons. The third-order valence-electron chi connectivity index (χ3n) is 3.79. The average molecular weight is 303 g/mol. The number of nitrogens with zero attached hydrogens (tertiary/aromatic N) is 3. The Morgan fingerprint density at radius 2 is 1.82 bits per heavy atom. The van der Waals surface area contributed by atoms with Gasteiger partial charge in [0.1, 0.15) is 6.29 Å². The highest BCUT2D eigenvalue weighted by atomic mass is 16.1. The molecular formula is C18H29N3O. The molecule has 0 saturated carbocycles. The van der Waals surface area contributed by atoms with Crippen LogP contribution in [0, 0.1) is 6.92 Å². The first kappa shape index (κ1) is 18.4. The molecule has 0 bridgehead atoms. The van der Waals surface area contributed by atoms with E-state index in [1.54, 1.807) is 0 Å². The Kier molecular flexibility index (Phi) is 7.82. The Bertz CT molecular complexity index is 569. The van der Waals surface area contributed by atoms with Crippen LogP contribution in [0.5, 0.6) is 0 Å². The van der Waals surface area contributed by atoms with Crippen molar-refractivity contribution in [2.45, 2.75) is 46.6 Å². The Morgan fingerprint density at radius 1 is 1.23 bits per heavy atom. The first-order valence-corrected chi connectivity index (χ1v) is 8.18. The largest absolute Gasteiger partial charge is 0.306 e. The minimum Gasteiger partial charge on any atom is -0.306 e. The Morgan fingerprint density at radius 3 is 2.41 bits per heavy atom. The molecule has 22 heavy (non-hydrogen) atoms. The van der Waals surface area contributed by atoms with Crippen LogP contribution in [0.15, 0.2) is 24.4 Å². The van der Waals surface area contributed by atoms with Crippen molar-refractivity contribution in [3.05, 3.63) is 30.0 Å². The maximum Gasteiger partial charge on any atom is 0.116 e. The van der Waals surface area contributed by atoms with Gasteiger partial charge < -0.3 is 9.69 Å². The Balaban J connectivity index is 0.000000435. The molecule has 1 saturated heterocycles. The number of aldehydes is 1. The summed E-state index contributed by atoms with van der Waals surface area (Å²) in [6.45, 7) is 9.95. The number of fused-ring (bicyclic) bond motifs is 1. The van der Waals surface area contributed by atoms with Crippen molar-refractivity contribution in [1.29, 1.82) is 0 Å². The first-order valence-electron chi connectivity index (χ1n) is 8.18. The quantitative estimate of drug-likeness (QED) is 0.751. The topological polar surface area (TPSA) is 38.1 Å². The standard InChI is InChI=1S/C14H19N3.C2H4O.C2H6/c1-11-3-4-12-10-15-17(14(12)9-11)13-5-7-16(2)8-6-13;1-2-3;1-2/h3-4,9-10,13H,5-8H2,1-2H3;2H,1H3;1-2H3. The maximum atomic E-state index is 8.81. The van der Waals surface area contributed by atoms with Crippen molar-refractivity contribution in [2.24, 2.45) is 0 Å². The van der Waals surface area contributed by atoms with Gasteiger partial charge in [0, 0.05) is 5.39 Å². The summed E-state index contributed by atoms with van der Waals surface area (Å²) in [7, 11) is 2.20. The van der Waals surface area contributed by atoms with Gasteiger partial charge in [-0.15, -0.1) is 0 Å². The molecule has 1 aliphatic heterocycles. The van der Waals surface area contributed by atoms with Crippen LogP contribution in [0.25, 0.3) is 10.9 Å². The average Bonchev–Trinajstić information content (AvgIpc) is 2.94. The van der Waals surface area contributed by atoms with Crippen LogP contribution < -0.4 is 0 Å². The molecule has 2 heterocycles. The van der Waals surface area contributed by atoms with Crippen molar-refractivity contribution in [3.63, 3.8) is 0 Å². The molecule has 1 aromatic heterocycles.